The monoisotopic (exact) mass is 306 g/mol. The Labute approximate surface area is 124 Å². The molecule has 0 unspecified atom stereocenters. The quantitative estimate of drug-likeness (QED) is 0.570. The van der Waals surface area contributed by atoms with E-state index < -0.39 is 0 Å². The van der Waals surface area contributed by atoms with E-state index in [1.165, 1.54) is 0 Å². The molecule has 0 bridgehead atoms. The van der Waals surface area contributed by atoms with Crippen molar-refractivity contribution in [2.75, 3.05) is 5.43 Å². The van der Waals surface area contributed by atoms with Gasteiger partial charge in [0.05, 0.1) is 5.39 Å². The van der Waals surface area contributed by atoms with Gasteiger partial charge in [-0.15, -0.1) is 11.3 Å². The fourth-order valence-corrected chi connectivity index (χ4v) is 2.77. The highest BCUT2D eigenvalue weighted by atomic mass is 35.5. The number of hydrazine groups is 1. The van der Waals surface area contributed by atoms with Crippen molar-refractivity contribution in [3.63, 3.8) is 0 Å². The number of rotatable bonds is 3. The number of nitrogens with zero attached hydrogens (tertiary/aromatic N) is 2. The molecule has 0 amide bonds. The average Bonchev–Trinajstić information content (AvgIpc) is 2.81. The van der Waals surface area contributed by atoms with Crippen LogP contribution in [-0.4, -0.2) is 9.97 Å². The highest BCUT2D eigenvalue weighted by Gasteiger charge is 2.12. The number of fused-ring (bicyclic) bond motifs is 1. The minimum atomic E-state index is 0.323. The van der Waals surface area contributed by atoms with Crippen molar-refractivity contribution in [3.05, 3.63) is 40.2 Å². The standard InChI is InChI=1S/C13H11ClN4OS/c1-7-6-10-11(16-13(18-15)17-12(10)20-7)19-9-4-2-8(14)3-5-9/h2-6H,15H2,1H3,(H,16,17,18). The molecular formula is C13H11ClN4OS. The van der Waals surface area contributed by atoms with Gasteiger partial charge >= 0.3 is 0 Å². The molecule has 0 fully saturated rings. The van der Waals surface area contributed by atoms with E-state index in [0.29, 0.717) is 22.6 Å². The largest absolute Gasteiger partial charge is 0.438 e. The van der Waals surface area contributed by atoms with Crippen LogP contribution in [0.2, 0.25) is 5.02 Å². The van der Waals surface area contributed by atoms with Crippen LogP contribution in [0.25, 0.3) is 10.2 Å². The molecule has 3 aromatic rings. The maximum absolute atomic E-state index is 5.85. The molecule has 5 nitrogen and oxygen atoms in total. The molecule has 20 heavy (non-hydrogen) atoms. The van der Waals surface area contributed by atoms with Gasteiger partial charge in [-0.25, -0.2) is 10.8 Å². The predicted molar refractivity (Wildman–Crippen MR) is 81.5 cm³/mol. The number of hydrogen-bond acceptors (Lipinski definition) is 6. The van der Waals surface area contributed by atoms with Crippen molar-refractivity contribution in [2.45, 2.75) is 6.92 Å². The molecule has 0 atom stereocenters. The lowest BCUT2D eigenvalue weighted by atomic mass is 10.3. The molecule has 0 aliphatic rings. The molecule has 0 saturated heterocycles. The number of nitrogen functional groups attached to an aromatic ring is 1. The zero-order valence-corrected chi connectivity index (χ0v) is 12.1. The van der Waals surface area contributed by atoms with Crippen molar-refractivity contribution < 1.29 is 4.74 Å². The van der Waals surface area contributed by atoms with Gasteiger partial charge in [0.15, 0.2) is 0 Å². The maximum atomic E-state index is 5.85. The molecule has 0 aliphatic carbocycles. The Balaban J connectivity index is 2.06. The van der Waals surface area contributed by atoms with Crippen LogP contribution in [0, 0.1) is 6.92 Å². The zero-order valence-electron chi connectivity index (χ0n) is 10.6. The number of ether oxygens (including phenoxy) is 1. The summed E-state index contributed by atoms with van der Waals surface area (Å²) in [5.74, 6) is 6.83. The summed E-state index contributed by atoms with van der Waals surface area (Å²) >= 11 is 7.42. The van der Waals surface area contributed by atoms with Crippen LogP contribution >= 0.6 is 22.9 Å². The summed E-state index contributed by atoms with van der Waals surface area (Å²) in [5.41, 5.74) is 2.45. The van der Waals surface area contributed by atoms with E-state index in [2.05, 4.69) is 15.4 Å². The summed E-state index contributed by atoms with van der Waals surface area (Å²) in [5, 5.41) is 1.52. The molecule has 102 valence electrons. The maximum Gasteiger partial charge on any atom is 0.241 e. The van der Waals surface area contributed by atoms with E-state index in [1.807, 2.05) is 13.0 Å². The summed E-state index contributed by atoms with van der Waals surface area (Å²) in [6, 6.07) is 9.08. The molecule has 2 aromatic heterocycles. The van der Waals surface area contributed by atoms with Crippen LogP contribution in [0.5, 0.6) is 11.6 Å². The van der Waals surface area contributed by atoms with Crippen LogP contribution in [0.3, 0.4) is 0 Å². The average molecular weight is 307 g/mol. The Morgan fingerprint density at radius 2 is 2.00 bits per heavy atom. The van der Waals surface area contributed by atoms with Crippen molar-refractivity contribution in [1.29, 1.82) is 0 Å². The minimum absolute atomic E-state index is 0.323. The number of nitrogens with one attached hydrogen (secondary N) is 1. The third kappa shape index (κ3) is 2.53. The van der Waals surface area contributed by atoms with Crippen LogP contribution < -0.4 is 16.0 Å². The number of benzene rings is 1. The zero-order chi connectivity index (χ0) is 14.1. The molecule has 2 heterocycles. The highest BCUT2D eigenvalue weighted by molar-refractivity contribution is 7.18. The second kappa shape index (κ2) is 5.24. The van der Waals surface area contributed by atoms with E-state index in [4.69, 9.17) is 22.2 Å². The van der Waals surface area contributed by atoms with E-state index in [9.17, 15) is 0 Å². The van der Waals surface area contributed by atoms with Crippen LogP contribution in [0.1, 0.15) is 4.88 Å². The number of aryl methyl sites for hydroxylation is 1. The van der Waals surface area contributed by atoms with Gasteiger partial charge in [-0.3, -0.25) is 5.43 Å². The van der Waals surface area contributed by atoms with E-state index in [-0.39, 0.29) is 0 Å². The Morgan fingerprint density at radius 3 is 2.70 bits per heavy atom. The van der Waals surface area contributed by atoms with E-state index in [0.717, 1.165) is 15.1 Å². The molecule has 0 saturated carbocycles. The molecule has 1 aromatic carbocycles. The Kier molecular flexibility index (Phi) is 3.43. The fraction of sp³-hybridized carbons (Fsp3) is 0.0769. The van der Waals surface area contributed by atoms with Crippen molar-refractivity contribution in [1.82, 2.24) is 9.97 Å². The SMILES string of the molecule is Cc1cc2c(Oc3ccc(Cl)cc3)nc(NN)nc2s1. The number of anilines is 1. The number of nitrogens with two attached hydrogens (primary N) is 1. The van der Waals surface area contributed by atoms with Crippen LogP contribution in [0.4, 0.5) is 5.95 Å². The summed E-state index contributed by atoms with van der Waals surface area (Å²) < 4.78 is 5.80. The Bertz CT molecular complexity index is 757. The van der Waals surface area contributed by atoms with Gasteiger partial charge in [0, 0.05) is 9.90 Å². The topological polar surface area (TPSA) is 73.1 Å². The first-order chi connectivity index (χ1) is 9.65. The van der Waals surface area contributed by atoms with Gasteiger partial charge in [-0.05, 0) is 37.3 Å². The first kappa shape index (κ1) is 13.1. The number of hydrogen-bond donors (Lipinski definition) is 2. The molecule has 0 aliphatic heterocycles. The Morgan fingerprint density at radius 1 is 1.25 bits per heavy atom. The van der Waals surface area contributed by atoms with Crippen molar-refractivity contribution >= 4 is 39.1 Å². The van der Waals surface area contributed by atoms with Crippen molar-refractivity contribution in [2.24, 2.45) is 5.84 Å². The van der Waals surface area contributed by atoms with Crippen molar-refractivity contribution in [3.8, 4) is 11.6 Å². The minimum Gasteiger partial charge on any atom is -0.438 e. The van der Waals surface area contributed by atoms with E-state index in [1.54, 1.807) is 35.6 Å². The smallest absolute Gasteiger partial charge is 0.241 e. The van der Waals surface area contributed by atoms with Gasteiger partial charge in [0.25, 0.3) is 0 Å². The third-order valence-electron chi connectivity index (χ3n) is 2.64. The molecule has 3 N–H and O–H groups in total. The van der Waals surface area contributed by atoms with Crippen LogP contribution in [-0.2, 0) is 0 Å². The summed E-state index contributed by atoms with van der Waals surface area (Å²) in [6.45, 7) is 2.01. The summed E-state index contributed by atoms with van der Waals surface area (Å²) in [7, 11) is 0. The number of halogens is 1. The molecular weight excluding hydrogens is 296 g/mol. The second-order valence-electron chi connectivity index (χ2n) is 4.13. The molecule has 3 rings (SSSR count). The lowest BCUT2D eigenvalue weighted by molar-refractivity contribution is 0.469. The van der Waals surface area contributed by atoms with Gasteiger partial charge in [-0.2, -0.15) is 4.98 Å². The van der Waals surface area contributed by atoms with Gasteiger partial charge in [-0.1, -0.05) is 11.6 Å². The van der Waals surface area contributed by atoms with Gasteiger partial charge in [0.1, 0.15) is 10.6 Å². The summed E-state index contributed by atoms with van der Waals surface area (Å²) in [4.78, 5) is 10.5. The van der Waals surface area contributed by atoms with Crippen LogP contribution in [0.15, 0.2) is 30.3 Å². The number of aromatic nitrogens is 2. The first-order valence-electron chi connectivity index (χ1n) is 5.84. The normalized spacial score (nSPS) is 10.8. The second-order valence-corrected chi connectivity index (χ2v) is 5.80. The van der Waals surface area contributed by atoms with Gasteiger partial charge < -0.3 is 4.74 Å². The molecule has 0 radical (unpaired) electrons. The fourth-order valence-electron chi connectivity index (χ4n) is 1.77. The van der Waals surface area contributed by atoms with Gasteiger partial charge in [0.2, 0.25) is 11.8 Å². The molecule has 0 spiro atoms. The molecule has 7 heteroatoms. The number of thiophene rings is 1. The summed E-state index contributed by atoms with van der Waals surface area (Å²) in [6.07, 6.45) is 0. The first-order valence-corrected chi connectivity index (χ1v) is 7.03. The third-order valence-corrected chi connectivity index (χ3v) is 3.83. The lowest BCUT2D eigenvalue weighted by Gasteiger charge is -2.07. The highest BCUT2D eigenvalue weighted by Crippen LogP contribution is 2.33. The van der Waals surface area contributed by atoms with E-state index >= 15 is 0 Å². The Hall–Kier alpha value is -1.89. The predicted octanol–water partition coefficient (Wildman–Crippen LogP) is 3.73. The lowest BCUT2D eigenvalue weighted by Crippen LogP contribution is -2.10.